The zero-order valence-electron chi connectivity index (χ0n) is 11.4. The number of aromatic nitrogens is 3. The molecule has 0 spiro atoms. The fourth-order valence-corrected chi connectivity index (χ4v) is 3.99. The predicted molar refractivity (Wildman–Crippen MR) is 80.3 cm³/mol. The molecule has 104 valence electrons. The number of thiazole rings is 1. The van der Waals surface area contributed by atoms with Crippen molar-refractivity contribution >= 4 is 22.3 Å². The van der Waals surface area contributed by atoms with Crippen molar-refractivity contribution in [1.29, 1.82) is 0 Å². The van der Waals surface area contributed by atoms with Crippen molar-refractivity contribution in [3.63, 3.8) is 0 Å². The van der Waals surface area contributed by atoms with E-state index in [4.69, 9.17) is 0 Å². The molecule has 0 bridgehead atoms. The van der Waals surface area contributed by atoms with Crippen LogP contribution in [0.4, 0.5) is 10.9 Å². The maximum Gasteiger partial charge on any atom is 0.185 e. The van der Waals surface area contributed by atoms with Gasteiger partial charge in [0.2, 0.25) is 0 Å². The van der Waals surface area contributed by atoms with Crippen LogP contribution in [0.5, 0.6) is 0 Å². The van der Waals surface area contributed by atoms with Crippen molar-refractivity contribution in [3.05, 3.63) is 29.7 Å². The van der Waals surface area contributed by atoms with Gasteiger partial charge in [0.1, 0.15) is 12.1 Å². The summed E-state index contributed by atoms with van der Waals surface area (Å²) in [4.78, 5) is 17.8. The molecular formula is C14H17N5S. The molecule has 4 rings (SSSR count). The molecule has 2 aromatic heterocycles. The van der Waals surface area contributed by atoms with E-state index in [1.807, 2.05) is 13.1 Å². The van der Waals surface area contributed by atoms with Gasteiger partial charge in [0, 0.05) is 61.4 Å². The summed E-state index contributed by atoms with van der Waals surface area (Å²) in [5.74, 6) is 2.54. The standard InChI is InChI=1S/C14H17N5S/c1-10-4-13(17-9-16-10)18-5-11-7-19(8-12(11)6-18)14-15-2-3-20-14/h2-4,9,11-12H,5-8H2,1H3. The van der Waals surface area contributed by atoms with E-state index in [2.05, 4.69) is 36.2 Å². The summed E-state index contributed by atoms with van der Waals surface area (Å²) in [5.41, 5.74) is 1.04. The van der Waals surface area contributed by atoms with Crippen LogP contribution in [0.3, 0.4) is 0 Å². The van der Waals surface area contributed by atoms with Crippen molar-refractivity contribution in [2.75, 3.05) is 36.0 Å². The topological polar surface area (TPSA) is 45.2 Å². The normalized spacial score (nSPS) is 25.2. The van der Waals surface area contributed by atoms with Gasteiger partial charge >= 0.3 is 0 Å². The average Bonchev–Trinajstić information content (AvgIpc) is 3.13. The Labute approximate surface area is 122 Å². The van der Waals surface area contributed by atoms with E-state index >= 15 is 0 Å². The molecule has 2 aromatic rings. The first kappa shape index (κ1) is 12.1. The predicted octanol–water partition coefficient (Wildman–Crippen LogP) is 1.81. The van der Waals surface area contributed by atoms with Crippen LogP contribution in [0.25, 0.3) is 0 Å². The van der Waals surface area contributed by atoms with Crippen LogP contribution in [-0.2, 0) is 0 Å². The maximum atomic E-state index is 4.42. The third-order valence-corrected chi connectivity index (χ3v) is 5.12. The van der Waals surface area contributed by atoms with Gasteiger partial charge in [0.15, 0.2) is 5.13 Å². The van der Waals surface area contributed by atoms with Gasteiger partial charge in [-0.15, -0.1) is 11.3 Å². The summed E-state index contributed by atoms with van der Waals surface area (Å²) in [6, 6.07) is 2.08. The first-order valence-corrected chi connectivity index (χ1v) is 7.85. The molecule has 6 heteroatoms. The Hall–Kier alpha value is -1.69. The molecule has 2 aliphatic rings. The van der Waals surface area contributed by atoms with Gasteiger partial charge in [-0.25, -0.2) is 15.0 Å². The van der Waals surface area contributed by atoms with Gasteiger partial charge in [-0.05, 0) is 6.92 Å². The largest absolute Gasteiger partial charge is 0.356 e. The number of nitrogens with zero attached hydrogens (tertiary/aromatic N) is 5. The number of aryl methyl sites for hydroxylation is 1. The first-order valence-electron chi connectivity index (χ1n) is 6.97. The van der Waals surface area contributed by atoms with Gasteiger partial charge in [0.05, 0.1) is 0 Å². The van der Waals surface area contributed by atoms with Crippen LogP contribution in [-0.4, -0.2) is 41.1 Å². The van der Waals surface area contributed by atoms with Gasteiger partial charge < -0.3 is 9.80 Å². The minimum absolute atomic E-state index is 0.731. The van der Waals surface area contributed by atoms with Crippen molar-refractivity contribution < 1.29 is 0 Å². The second kappa shape index (κ2) is 4.70. The first-order chi connectivity index (χ1) is 9.79. The number of fused-ring (bicyclic) bond motifs is 1. The van der Waals surface area contributed by atoms with Crippen LogP contribution in [0, 0.1) is 18.8 Å². The Bertz CT molecular complexity index is 585. The van der Waals surface area contributed by atoms with Gasteiger partial charge in [-0.3, -0.25) is 0 Å². The Kier molecular flexibility index (Phi) is 2.84. The lowest BCUT2D eigenvalue weighted by Gasteiger charge is -2.22. The van der Waals surface area contributed by atoms with Gasteiger partial charge in [0.25, 0.3) is 0 Å². The zero-order chi connectivity index (χ0) is 13.5. The highest BCUT2D eigenvalue weighted by Crippen LogP contribution is 2.36. The van der Waals surface area contributed by atoms with Crippen LogP contribution in [0.2, 0.25) is 0 Å². The Morgan fingerprint density at radius 2 is 1.80 bits per heavy atom. The molecule has 5 nitrogen and oxygen atoms in total. The van der Waals surface area contributed by atoms with E-state index in [-0.39, 0.29) is 0 Å². The lowest BCUT2D eigenvalue weighted by atomic mass is 10.0. The Morgan fingerprint density at radius 1 is 1.05 bits per heavy atom. The zero-order valence-corrected chi connectivity index (χ0v) is 12.3. The van der Waals surface area contributed by atoms with E-state index in [1.54, 1.807) is 17.7 Å². The lowest BCUT2D eigenvalue weighted by molar-refractivity contribution is 0.533. The molecule has 0 N–H and O–H groups in total. The van der Waals surface area contributed by atoms with Crippen molar-refractivity contribution in [2.24, 2.45) is 11.8 Å². The van der Waals surface area contributed by atoms with E-state index in [0.717, 1.165) is 49.5 Å². The molecule has 0 amide bonds. The molecule has 4 heterocycles. The molecule has 2 aliphatic heterocycles. The highest BCUT2D eigenvalue weighted by Gasteiger charge is 2.41. The molecule has 0 aliphatic carbocycles. The highest BCUT2D eigenvalue weighted by molar-refractivity contribution is 7.13. The molecule has 2 unspecified atom stereocenters. The van der Waals surface area contributed by atoms with Crippen LogP contribution < -0.4 is 9.80 Å². The average molecular weight is 287 g/mol. The quantitative estimate of drug-likeness (QED) is 0.843. The lowest BCUT2D eigenvalue weighted by Crippen LogP contribution is -2.29. The summed E-state index contributed by atoms with van der Waals surface area (Å²) < 4.78 is 0. The van der Waals surface area contributed by atoms with E-state index in [0.29, 0.717) is 0 Å². The van der Waals surface area contributed by atoms with Crippen molar-refractivity contribution in [3.8, 4) is 0 Å². The number of rotatable bonds is 2. The number of hydrogen-bond donors (Lipinski definition) is 0. The Balaban J connectivity index is 1.47. The summed E-state index contributed by atoms with van der Waals surface area (Å²) >= 11 is 1.74. The smallest absolute Gasteiger partial charge is 0.185 e. The fraction of sp³-hybridized carbons (Fsp3) is 0.500. The summed E-state index contributed by atoms with van der Waals surface area (Å²) in [7, 11) is 0. The third kappa shape index (κ3) is 2.04. The monoisotopic (exact) mass is 287 g/mol. The van der Waals surface area contributed by atoms with E-state index in [9.17, 15) is 0 Å². The Morgan fingerprint density at radius 3 is 2.45 bits per heavy atom. The van der Waals surface area contributed by atoms with Crippen LogP contribution >= 0.6 is 11.3 Å². The minimum atomic E-state index is 0.731. The molecule has 0 saturated carbocycles. The summed E-state index contributed by atoms with van der Waals surface area (Å²) in [6.07, 6.45) is 3.56. The second-order valence-corrected chi connectivity index (χ2v) is 6.54. The molecule has 20 heavy (non-hydrogen) atoms. The molecular weight excluding hydrogens is 270 g/mol. The van der Waals surface area contributed by atoms with Crippen LogP contribution in [0.1, 0.15) is 5.69 Å². The third-order valence-electron chi connectivity index (χ3n) is 4.29. The van der Waals surface area contributed by atoms with Crippen molar-refractivity contribution in [2.45, 2.75) is 6.92 Å². The SMILES string of the molecule is Cc1cc(N2CC3CN(c4nccs4)CC3C2)ncn1. The molecule has 2 saturated heterocycles. The number of hydrogen-bond acceptors (Lipinski definition) is 6. The molecule has 0 radical (unpaired) electrons. The molecule has 2 atom stereocenters. The summed E-state index contributed by atoms with van der Waals surface area (Å²) in [5, 5.41) is 3.23. The van der Waals surface area contributed by atoms with E-state index < -0.39 is 0 Å². The van der Waals surface area contributed by atoms with E-state index in [1.165, 1.54) is 5.13 Å². The van der Waals surface area contributed by atoms with Crippen molar-refractivity contribution in [1.82, 2.24) is 15.0 Å². The fourth-order valence-electron chi connectivity index (χ4n) is 3.32. The molecule has 0 aromatic carbocycles. The molecule has 2 fully saturated rings. The number of anilines is 2. The maximum absolute atomic E-state index is 4.42. The minimum Gasteiger partial charge on any atom is -0.356 e. The van der Waals surface area contributed by atoms with Gasteiger partial charge in [-0.1, -0.05) is 0 Å². The van der Waals surface area contributed by atoms with Crippen LogP contribution in [0.15, 0.2) is 24.0 Å². The summed E-state index contributed by atoms with van der Waals surface area (Å²) in [6.45, 7) is 6.47. The van der Waals surface area contributed by atoms with Gasteiger partial charge in [-0.2, -0.15) is 0 Å². The highest BCUT2D eigenvalue weighted by atomic mass is 32.1. The second-order valence-electron chi connectivity index (χ2n) is 5.66.